The highest BCUT2D eigenvalue weighted by atomic mass is 16.5. The van der Waals surface area contributed by atoms with Gasteiger partial charge in [0.1, 0.15) is 11.5 Å². The predicted molar refractivity (Wildman–Crippen MR) is 82.5 cm³/mol. The Kier molecular flexibility index (Phi) is 5.66. The first-order valence-corrected chi connectivity index (χ1v) is 6.83. The molecule has 0 atom stereocenters. The lowest BCUT2D eigenvalue weighted by molar-refractivity contribution is 0.439. The highest BCUT2D eigenvalue weighted by molar-refractivity contribution is 5.34. The first-order chi connectivity index (χ1) is 8.97. The van der Waals surface area contributed by atoms with Gasteiger partial charge in [0.15, 0.2) is 0 Å². The molecule has 0 saturated heterocycles. The molecule has 0 spiro atoms. The minimum absolute atomic E-state index is 0.132. The van der Waals surface area contributed by atoms with Gasteiger partial charge in [0.25, 0.3) is 0 Å². The first-order valence-electron chi connectivity index (χ1n) is 6.83. The van der Waals surface area contributed by atoms with Crippen LogP contribution in [-0.4, -0.2) is 0 Å². The van der Waals surface area contributed by atoms with Gasteiger partial charge in [-0.15, -0.1) is 5.73 Å². The Morgan fingerprint density at radius 1 is 1.32 bits per heavy atom. The Morgan fingerprint density at radius 3 is 2.63 bits per heavy atom. The molecule has 0 amide bonds. The van der Waals surface area contributed by atoms with Crippen LogP contribution in [0.4, 0.5) is 0 Å². The number of ether oxygens (including phenoxy) is 1. The van der Waals surface area contributed by atoms with Crippen LogP contribution in [0.1, 0.15) is 46.6 Å². The summed E-state index contributed by atoms with van der Waals surface area (Å²) in [5, 5.41) is 0. The molecule has 1 aromatic carbocycles. The first kappa shape index (κ1) is 15.3. The van der Waals surface area contributed by atoms with Crippen molar-refractivity contribution in [3.8, 4) is 5.75 Å². The Morgan fingerprint density at radius 2 is 2.05 bits per heavy atom. The van der Waals surface area contributed by atoms with Crippen molar-refractivity contribution in [1.29, 1.82) is 0 Å². The van der Waals surface area contributed by atoms with Gasteiger partial charge in [-0.3, -0.25) is 0 Å². The van der Waals surface area contributed by atoms with E-state index >= 15 is 0 Å². The molecule has 19 heavy (non-hydrogen) atoms. The molecule has 0 N–H and O–H groups in total. The zero-order valence-corrected chi connectivity index (χ0v) is 12.7. The average molecular weight is 256 g/mol. The Balaban J connectivity index is 2.98. The summed E-state index contributed by atoms with van der Waals surface area (Å²) < 4.78 is 5.92. The van der Waals surface area contributed by atoms with Crippen molar-refractivity contribution < 1.29 is 4.74 Å². The number of hydrogen-bond donors (Lipinski definition) is 0. The molecular formula is C18H24O. The summed E-state index contributed by atoms with van der Waals surface area (Å²) in [5.41, 5.74) is 4.46. The van der Waals surface area contributed by atoms with E-state index in [1.165, 1.54) is 5.56 Å². The summed E-state index contributed by atoms with van der Waals surface area (Å²) in [4.78, 5) is 0. The van der Waals surface area contributed by atoms with Gasteiger partial charge < -0.3 is 4.74 Å². The smallest absolute Gasteiger partial charge is 0.131 e. The molecule has 0 aliphatic carbocycles. The monoisotopic (exact) mass is 256 g/mol. The van der Waals surface area contributed by atoms with E-state index in [0.29, 0.717) is 0 Å². The van der Waals surface area contributed by atoms with Gasteiger partial charge >= 0.3 is 0 Å². The zero-order chi connectivity index (χ0) is 14.3. The van der Waals surface area contributed by atoms with E-state index in [1.807, 2.05) is 31.2 Å². The van der Waals surface area contributed by atoms with Crippen LogP contribution in [0.5, 0.6) is 5.75 Å². The molecule has 0 fully saturated rings. The molecule has 1 rings (SSSR count). The zero-order valence-electron chi connectivity index (χ0n) is 12.7. The minimum atomic E-state index is 0.132. The number of hydrogen-bond acceptors (Lipinski definition) is 1. The molecule has 0 saturated carbocycles. The molecule has 0 aromatic heterocycles. The van der Waals surface area contributed by atoms with Crippen LogP contribution < -0.4 is 4.74 Å². The van der Waals surface area contributed by atoms with Gasteiger partial charge in [-0.25, -0.2) is 0 Å². The number of rotatable bonds is 4. The van der Waals surface area contributed by atoms with E-state index in [9.17, 15) is 0 Å². The van der Waals surface area contributed by atoms with E-state index in [4.69, 9.17) is 4.74 Å². The topological polar surface area (TPSA) is 9.23 Å². The van der Waals surface area contributed by atoms with Crippen LogP contribution in [0, 0.1) is 0 Å². The molecule has 1 nitrogen and oxygen atoms in total. The minimum Gasteiger partial charge on any atom is -0.457 e. The SMILES string of the molecule is CC=C=C/C(=C\CC)Oc1cccc(C(C)(C)C)c1. The quantitative estimate of drug-likeness (QED) is 0.399. The highest BCUT2D eigenvalue weighted by Crippen LogP contribution is 2.26. The van der Waals surface area contributed by atoms with Crippen LogP contribution in [0.2, 0.25) is 0 Å². The summed E-state index contributed by atoms with van der Waals surface area (Å²) in [6.07, 6.45) is 6.74. The second-order valence-corrected chi connectivity index (χ2v) is 5.49. The maximum absolute atomic E-state index is 5.92. The summed E-state index contributed by atoms with van der Waals surface area (Å²) in [5.74, 6) is 1.72. The van der Waals surface area contributed by atoms with E-state index in [2.05, 4.69) is 51.6 Å². The molecule has 1 heteroatoms. The number of benzene rings is 1. The van der Waals surface area contributed by atoms with Crippen LogP contribution in [0.25, 0.3) is 0 Å². The molecular weight excluding hydrogens is 232 g/mol. The molecule has 0 heterocycles. The lowest BCUT2D eigenvalue weighted by Gasteiger charge is -2.19. The molecule has 102 valence electrons. The number of allylic oxidation sites excluding steroid dienone is 2. The van der Waals surface area contributed by atoms with Crippen LogP contribution in [0.15, 0.2) is 54.0 Å². The van der Waals surface area contributed by atoms with Gasteiger partial charge in [-0.1, -0.05) is 39.8 Å². The van der Waals surface area contributed by atoms with Gasteiger partial charge in [0.2, 0.25) is 0 Å². The summed E-state index contributed by atoms with van der Waals surface area (Å²) in [7, 11) is 0. The van der Waals surface area contributed by atoms with Gasteiger partial charge in [0.05, 0.1) is 0 Å². The van der Waals surface area contributed by atoms with Crippen molar-refractivity contribution >= 4 is 0 Å². The third-order valence-corrected chi connectivity index (χ3v) is 2.73. The highest BCUT2D eigenvalue weighted by Gasteiger charge is 2.14. The van der Waals surface area contributed by atoms with E-state index in [1.54, 1.807) is 0 Å². The molecule has 0 bridgehead atoms. The maximum Gasteiger partial charge on any atom is 0.131 e. The molecule has 1 aromatic rings. The van der Waals surface area contributed by atoms with E-state index in [0.717, 1.165) is 17.9 Å². The average Bonchev–Trinajstić information content (AvgIpc) is 2.35. The van der Waals surface area contributed by atoms with Gasteiger partial charge in [-0.2, -0.15) is 0 Å². The van der Waals surface area contributed by atoms with Gasteiger partial charge in [0, 0.05) is 6.08 Å². The van der Waals surface area contributed by atoms with Crippen molar-refractivity contribution in [2.75, 3.05) is 0 Å². The maximum atomic E-state index is 5.92. The predicted octanol–water partition coefficient (Wildman–Crippen LogP) is 5.39. The fourth-order valence-electron chi connectivity index (χ4n) is 1.66. The lowest BCUT2D eigenvalue weighted by atomic mass is 9.87. The summed E-state index contributed by atoms with van der Waals surface area (Å²) in [6, 6.07) is 8.27. The fourth-order valence-corrected chi connectivity index (χ4v) is 1.66. The third-order valence-electron chi connectivity index (χ3n) is 2.73. The largest absolute Gasteiger partial charge is 0.457 e. The van der Waals surface area contributed by atoms with Crippen molar-refractivity contribution in [2.24, 2.45) is 0 Å². The van der Waals surface area contributed by atoms with Crippen molar-refractivity contribution in [1.82, 2.24) is 0 Å². The fraction of sp³-hybridized carbons (Fsp3) is 0.389. The second kappa shape index (κ2) is 7.01. The van der Waals surface area contributed by atoms with Gasteiger partial charge in [-0.05, 0) is 48.6 Å². The molecule has 0 unspecified atom stereocenters. The van der Waals surface area contributed by atoms with Crippen molar-refractivity contribution in [2.45, 2.75) is 46.5 Å². The van der Waals surface area contributed by atoms with E-state index < -0.39 is 0 Å². The van der Waals surface area contributed by atoms with Crippen LogP contribution >= 0.6 is 0 Å². The molecule has 0 radical (unpaired) electrons. The second-order valence-electron chi connectivity index (χ2n) is 5.49. The Bertz CT molecular complexity index is 495. The van der Waals surface area contributed by atoms with Crippen molar-refractivity contribution in [3.63, 3.8) is 0 Å². The Labute approximate surface area is 117 Å². The third kappa shape index (κ3) is 5.19. The summed E-state index contributed by atoms with van der Waals surface area (Å²) >= 11 is 0. The summed E-state index contributed by atoms with van der Waals surface area (Å²) in [6.45, 7) is 10.6. The lowest BCUT2D eigenvalue weighted by Crippen LogP contribution is -2.10. The molecule has 0 aliphatic rings. The van der Waals surface area contributed by atoms with Crippen LogP contribution in [0.3, 0.4) is 0 Å². The molecule has 0 aliphatic heterocycles. The van der Waals surface area contributed by atoms with Crippen LogP contribution in [-0.2, 0) is 5.41 Å². The Hall–Kier alpha value is -1.72. The normalized spacial score (nSPS) is 11.7. The van der Waals surface area contributed by atoms with Crippen molar-refractivity contribution in [3.05, 3.63) is 59.5 Å². The standard InChI is InChI=1S/C18H24O/c1-6-8-12-16(10-7-2)19-17-13-9-11-15(14-17)18(3,4)5/h6,9-14H,7H2,1-5H3/b16-10+. The van der Waals surface area contributed by atoms with E-state index in [-0.39, 0.29) is 5.41 Å².